The van der Waals surface area contributed by atoms with E-state index >= 15 is 4.39 Å². The standard InChI is InChI=1S/C23H18F4N4O2/c1-3-19-28-10-9-20(30-19)33-18-8-7-17-16(21(18)24)11-13(2)31(17)22(32)29-15-6-4-5-14(12-15)23(25,26)27/h4-12H,3H2,1-2H3,(H,29,32). The van der Waals surface area contributed by atoms with Crippen LogP contribution in [-0.2, 0) is 12.6 Å². The molecule has 0 bridgehead atoms. The minimum Gasteiger partial charge on any atom is -0.436 e. The van der Waals surface area contributed by atoms with Gasteiger partial charge in [0.15, 0.2) is 11.6 Å². The van der Waals surface area contributed by atoms with Crippen LogP contribution < -0.4 is 10.1 Å². The van der Waals surface area contributed by atoms with Crippen molar-refractivity contribution in [1.29, 1.82) is 0 Å². The summed E-state index contributed by atoms with van der Waals surface area (Å²) in [4.78, 5) is 21.1. The summed E-state index contributed by atoms with van der Waals surface area (Å²) < 4.78 is 60.8. The Morgan fingerprint density at radius 1 is 1.15 bits per heavy atom. The normalized spacial score (nSPS) is 11.6. The lowest BCUT2D eigenvalue weighted by molar-refractivity contribution is -0.137. The molecular formula is C23H18F4N4O2. The van der Waals surface area contributed by atoms with E-state index in [2.05, 4.69) is 15.3 Å². The van der Waals surface area contributed by atoms with Gasteiger partial charge in [-0.1, -0.05) is 13.0 Å². The van der Waals surface area contributed by atoms with Gasteiger partial charge in [-0.3, -0.25) is 4.57 Å². The van der Waals surface area contributed by atoms with Crippen LogP contribution in [0.5, 0.6) is 11.6 Å². The first-order valence-electron chi connectivity index (χ1n) is 9.96. The second-order valence-electron chi connectivity index (χ2n) is 7.21. The summed E-state index contributed by atoms with van der Waals surface area (Å²) in [6, 6.07) is 9.36. The van der Waals surface area contributed by atoms with Gasteiger partial charge < -0.3 is 10.1 Å². The number of rotatable bonds is 4. The van der Waals surface area contributed by atoms with E-state index in [4.69, 9.17) is 4.74 Å². The molecule has 0 atom stereocenters. The molecule has 170 valence electrons. The van der Waals surface area contributed by atoms with E-state index in [1.165, 1.54) is 47.2 Å². The molecule has 4 rings (SSSR count). The maximum absolute atomic E-state index is 15.2. The van der Waals surface area contributed by atoms with Gasteiger partial charge in [-0.25, -0.2) is 14.2 Å². The molecule has 0 spiro atoms. The van der Waals surface area contributed by atoms with Gasteiger partial charge >= 0.3 is 12.2 Å². The zero-order valence-electron chi connectivity index (χ0n) is 17.6. The van der Waals surface area contributed by atoms with Gasteiger partial charge in [0.05, 0.1) is 11.1 Å². The number of carbonyl (C=O) groups is 1. The number of hydrogen-bond acceptors (Lipinski definition) is 4. The van der Waals surface area contributed by atoms with E-state index in [1.807, 2.05) is 6.92 Å². The largest absolute Gasteiger partial charge is 0.436 e. The summed E-state index contributed by atoms with van der Waals surface area (Å²) >= 11 is 0. The number of alkyl halides is 3. The SMILES string of the molecule is CCc1nccc(Oc2ccc3c(cc(C)n3C(=O)Nc3cccc(C(F)(F)F)c3)c2F)n1. The number of nitrogens with one attached hydrogen (secondary N) is 1. The molecule has 0 aliphatic rings. The van der Waals surface area contributed by atoms with E-state index in [-0.39, 0.29) is 28.2 Å². The number of ether oxygens (including phenoxy) is 1. The van der Waals surface area contributed by atoms with E-state index in [1.54, 1.807) is 6.92 Å². The molecule has 33 heavy (non-hydrogen) atoms. The van der Waals surface area contributed by atoms with Crippen LogP contribution in [0.2, 0.25) is 0 Å². The molecule has 1 amide bonds. The van der Waals surface area contributed by atoms with Crippen molar-refractivity contribution in [3.8, 4) is 11.6 Å². The van der Waals surface area contributed by atoms with Gasteiger partial charge in [-0.05, 0) is 43.3 Å². The fraction of sp³-hybridized carbons (Fsp3) is 0.174. The van der Waals surface area contributed by atoms with Crippen molar-refractivity contribution >= 4 is 22.6 Å². The third-order valence-electron chi connectivity index (χ3n) is 4.92. The minimum atomic E-state index is -4.54. The second kappa shape index (κ2) is 8.53. The number of halogens is 4. The number of nitrogens with zero attached hydrogens (tertiary/aromatic N) is 3. The average Bonchev–Trinajstić information content (AvgIpc) is 3.12. The van der Waals surface area contributed by atoms with Crippen LogP contribution in [0.1, 0.15) is 24.0 Å². The summed E-state index contributed by atoms with van der Waals surface area (Å²) in [5, 5.41) is 2.55. The molecule has 4 aromatic rings. The molecule has 6 nitrogen and oxygen atoms in total. The number of hydrogen-bond donors (Lipinski definition) is 1. The van der Waals surface area contributed by atoms with Gasteiger partial charge in [0.25, 0.3) is 0 Å². The highest BCUT2D eigenvalue weighted by molar-refractivity contribution is 6.00. The summed E-state index contributed by atoms with van der Waals surface area (Å²) in [6.07, 6.45) is -2.45. The molecular weight excluding hydrogens is 440 g/mol. The molecule has 0 fully saturated rings. The summed E-state index contributed by atoms with van der Waals surface area (Å²) in [5.74, 6) is -0.0580. The highest BCUT2D eigenvalue weighted by Crippen LogP contribution is 2.33. The molecule has 0 saturated heterocycles. The highest BCUT2D eigenvalue weighted by Gasteiger charge is 2.30. The molecule has 0 aliphatic carbocycles. The van der Waals surface area contributed by atoms with Crippen LogP contribution in [0.4, 0.5) is 28.0 Å². The van der Waals surface area contributed by atoms with Gasteiger partial charge in [0.1, 0.15) is 5.82 Å². The molecule has 1 N–H and O–H groups in total. The number of benzene rings is 2. The fourth-order valence-corrected chi connectivity index (χ4v) is 3.38. The number of amides is 1. The zero-order valence-corrected chi connectivity index (χ0v) is 17.6. The second-order valence-corrected chi connectivity index (χ2v) is 7.21. The topological polar surface area (TPSA) is 69.0 Å². The van der Waals surface area contributed by atoms with Crippen LogP contribution >= 0.6 is 0 Å². The van der Waals surface area contributed by atoms with Crippen molar-refractivity contribution < 1.29 is 27.1 Å². The number of aromatic nitrogens is 3. The fourth-order valence-electron chi connectivity index (χ4n) is 3.38. The molecule has 0 radical (unpaired) electrons. The Balaban J connectivity index is 1.65. The maximum atomic E-state index is 15.2. The van der Waals surface area contributed by atoms with Crippen LogP contribution in [0.15, 0.2) is 54.7 Å². The molecule has 10 heteroatoms. The lowest BCUT2D eigenvalue weighted by Crippen LogP contribution is -2.20. The van der Waals surface area contributed by atoms with Crippen LogP contribution in [0, 0.1) is 12.7 Å². The van der Waals surface area contributed by atoms with Crippen molar-refractivity contribution in [2.75, 3.05) is 5.32 Å². The Kier molecular flexibility index (Phi) is 5.75. The summed E-state index contributed by atoms with van der Waals surface area (Å²) in [6.45, 7) is 3.46. The Bertz CT molecular complexity index is 1350. The van der Waals surface area contributed by atoms with Gasteiger partial charge in [0.2, 0.25) is 5.88 Å². The summed E-state index contributed by atoms with van der Waals surface area (Å²) in [7, 11) is 0. The van der Waals surface area contributed by atoms with E-state index in [0.29, 0.717) is 17.9 Å². The molecule has 0 unspecified atom stereocenters. The average molecular weight is 458 g/mol. The lowest BCUT2D eigenvalue weighted by Gasteiger charge is -2.12. The minimum absolute atomic E-state index is 0.0352. The summed E-state index contributed by atoms with van der Waals surface area (Å²) in [5.41, 5.74) is -0.301. The van der Waals surface area contributed by atoms with Crippen molar-refractivity contribution in [1.82, 2.24) is 14.5 Å². The van der Waals surface area contributed by atoms with E-state index in [9.17, 15) is 18.0 Å². The monoisotopic (exact) mass is 458 g/mol. The maximum Gasteiger partial charge on any atom is 0.416 e. The van der Waals surface area contributed by atoms with Gasteiger partial charge in [0, 0.05) is 35.5 Å². The van der Waals surface area contributed by atoms with Gasteiger partial charge in [-0.15, -0.1) is 0 Å². The van der Waals surface area contributed by atoms with Crippen molar-refractivity contribution in [2.24, 2.45) is 0 Å². The first-order chi connectivity index (χ1) is 15.7. The Labute approximate surface area is 185 Å². The number of carbonyl (C=O) groups excluding carboxylic acids is 1. The third-order valence-corrected chi connectivity index (χ3v) is 4.92. The predicted octanol–water partition coefficient (Wildman–Crippen LogP) is 6.33. The molecule has 2 heterocycles. The molecule has 2 aromatic carbocycles. The van der Waals surface area contributed by atoms with Gasteiger partial charge in [-0.2, -0.15) is 18.2 Å². The third kappa shape index (κ3) is 4.50. The Morgan fingerprint density at radius 2 is 1.94 bits per heavy atom. The smallest absolute Gasteiger partial charge is 0.416 e. The van der Waals surface area contributed by atoms with Crippen molar-refractivity contribution in [3.63, 3.8) is 0 Å². The van der Waals surface area contributed by atoms with E-state index in [0.717, 1.165) is 12.1 Å². The first kappa shape index (κ1) is 22.3. The Morgan fingerprint density at radius 3 is 2.67 bits per heavy atom. The molecule has 0 saturated carbocycles. The number of fused-ring (bicyclic) bond motifs is 1. The molecule has 2 aromatic heterocycles. The molecule has 0 aliphatic heterocycles. The number of aryl methyl sites for hydroxylation is 2. The Hall–Kier alpha value is -3.95. The van der Waals surface area contributed by atoms with Crippen LogP contribution in [0.25, 0.3) is 10.9 Å². The van der Waals surface area contributed by atoms with Crippen LogP contribution in [-0.4, -0.2) is 20.6 Å². The van der Waals surface area contributed by atoms with E-state index < -0.39 is 23.6 Å². The van der Waals surface area contributed by atoms with Crippen LogP contribution in [0.3, 0.4) is 0 Å². The first-order valence-corrected chi connectivity index (χ1v) is 9.96. The predicted molar refractivity (Wildman–Crippen MR) is 114 cm³/mol. The number of anilines is 1. The van der Waals surface area contributed by atoms with Crippen molar-refractivity contribution in [2.45, 2.75) is 26.4 Å². The zero-order chi connectivity index (χ0) is 23.8. The highest BCUT2D eigenvalue weighted by atomic mass is 19.4. The quantitative estimate of drug-likeness (QED) is 0.363. The lowest BCUT2D eigenvalue weighted by atomic mass is 10.2. The van der Waals surface area contributed by atoms with Crippen molar-refractivity contribution in [3.05, 3.63) is 77.6 Å².